The summed E-state index contributed by atoms with van der Waals surface area (Å²) in [7, 11) is 0. The molecule has 2 aromatic rings. The maximum absolute atomic E-state index is 10.7. The van der Waals surface area contributed by atoms with Crippen LogP contribution < -0.4 is 0 Å². The molecule has 2 heterocycles. The van der Waals surface area contributed by atoms with Gasteiger partial charge in [-0.25, -0.2) is 4.79 Å². The normalized spacial score (nSPS) is 10.5. The molecule has 0 aliphatic carbocycles. The Balaban J connectivity index is 2.73. The number of aldehydes is 1. The fourth-order valence-electron chi connectivity index (χ4n) is 1.36. The molecule has 0 atom stereocenters. The largest absolute Gasteiger partial charge is 0.477 e. The summed E-state index contributed by atoms with van der Waals surface area (Å²) in [6.45, 7) is 0. The Labute approximate surface area is 91.5 Å². The zero-order chi connectivity index (χ0) is 11.9. The van der Waals surface area contributed by atoms with E-state index in [0.29, 0.717) is 11.0 Å². The first-order chi connectivity index (χ1) is 7.54. The van der Waals surface area contributed by atoms with Gasteiger partial charge in [-0.3, -0.25) is 14.9 Å². The summed E-state index contributed by atoms with van der Waals surface area (Å²) < 4.78 is 0.291. The van der Waals surface area contributed by atoms with Crippen LogP contribution in [0.25, 0.3) is 10.2 Å². The van der Waals surface area contributed by atoms with Crippen molar-refractivity contribution in [3.05, 3.63) is 27.4 Å². The molecule has 0 aliphatic heterocycles. The number of H-pyrrole nitrogens is 1. The van der Waals surface area contributed by atoms with E-state index in [1.165, 1.54) is 6.07 Å². The van der Waals surface area contributed by atoms with Gasteiger partial charge in [-0.15, -0.1) is 0 Å². The zero-order valence-electron chi connectivity index (χ0n) is 7.59. The molecule has 0 saturated carbocycles. The number of aromatic amines is 1. The Morgan fingerprint density at radius 3 is 2.81 bits per heavy atom. The molecule has 0 bridgehead atoms. The number of nitro groups is 1. The molecule has 0 aromatic carbocycles. The highest BCUT2D eigenvalue weighted by Crippen LogP contribution is 2.34. The molecule has 16 heavy (non-hydrogen) atoms. The van der Waals surface area contributed by atoms with Crippen molar-refractivity contribution in [1.29, 1.82) is 0 Å². The van der Waals surface area contributed by atoms with E-state index in [1.807, 2.05) is 0 Å². The lowest BCUT2D eigenvalue weighted by molar-refractivity contribution is -0.380. The van der Waals surface area contributed by atoms with Gasteiger partial charge in [0.1, 0.15) is 5.69 Å². The second-order valence-corrected chi connectivity index (χ2v) is 3.95. The second kappa shape index (κ2) is 3.42. The lowest BCUT2D eigenvalue weighted by atomic mass is 10.2. The number of nitrogens with zero attached hydrogens (tertiary/aromatic N) is 1. The van der Waals surface area contributed by atoms with Crippen molar-refractivity contribution < 1.29 is 19.6 Å². The summed E-state index contributed by atoms with van der Waals surface area (Å²) in [5.41, 5.74) is -0.0112. The summed E-state index contributed by atoms with van der Waals surface area (Å²) in [4.78, 5) is 33.8. The number of fused-ring (bicyclic) bond motifs is 1. The molecule has 8 heteroatoms. The van der Waals surface area contributed by atoms with E-state index in [-0.39, 0.29) is 21.8 Å². The van der Waals surface area contributed by atoms with E-state index in [4.69, 9.17) is 5.11 Å². The van der Waals surface area contributed by atoms with Gasteiger partial charge in [0.25, 0.3) is 0 Å². The van der Waals surface area contributed by atoms with E-state index >= 15 is 0 Å². The van der Waals surface area contributed by atoms with Gasteiger partial charge < -0.3 is 10.1 Å². The predicted molar refractivity (Wildman–Crippen MR) is 55.2 cm³/mol. The van der Waals surface area contributed by atoms with E-state index in [9.17, 15) is 19.7 Å². The standard InChI is InChI=1S/C8H4N2O5S/c11-2-3-6(8(12)13)9-4-1-5(10(14)15)16-7(3)4/h1-2,9H,(H,12,13). The number of carboxylic acid groups (broad SMARTS) is 1. The molecule has 0 amide bonds. The summed E-state index contributed by atoms with van der Waals surface area (Å²) in [6, 6.07) is 1.21. The van der Waals surface area contributed by atoms with Crippen molar-refractivity contribution in [2.75, 3.05) is 0 Å². The Morgan fingerprint density at radius 2 is 2.31 bits per heavy atom. The number of carbonyl (C=O) groups is 2. The molecule has 0 aliphatic rings. The minimum atomic E-state index is -1.27. The quantitative estimate of drug-likeness (QED) is 0.481. The average Bonchev–Trinajstić information content (AvgIpc) is 2.72. The van der Waals surface area contributed by atoms with Crippen LogP contribution in [-0.4, -0.2) is 27.3 Å². The first-order valence-electron chi connectivity index (χ1n) is 4.03. The van der Waals surface area contributed by atoms with Crippen molar-refractivity contribution in [2.24, 2.45) is 0 Å². The summed E-state index contributed by atoms with van der Waals surface area (Å²) in [6.07, 6.45) is 0.377. The van der Waals surface area contributed by atoms with E-state index in [0.717, 1.165) is 11.3 Å². The Kier molecular flexibility index (Phi) is 2.20. The van der Waals surface area contributed by atoms with Crippen LogP contribution in [-0.2, 0) is 0 Å². The van der Waals surface area contributed by atoms with Crippen molar-refractivity contribution >= 4 is 38.8 Å². The number of carbonyl (C=O) groups excluding carboxylic acids is 1. The minimum Gasteiger partial charge on any atom is -0.477 e. The highest BCUT2D eigenvalue weighted by molar-refractivity contribution is 7.22. The van der Waals surface area contributed by atoms with Crippen LogP contribution in [0, 0.1) is 10.1 Å². The molecule has 7 nitrogen and oxygen atoms in total. The smallest absolute Gasteiger partial charge is 0.353 e. The Bertz CT molecular complexity index is 611. The molecule has 0 unspecified atom stereocenters. The third-order valence-electron chi connectivity index (χ3n) is 2.00. The van der Waals surface area contributed by atoms with Gasteiger partial charge in [0.2, 0.25) is 0 Å². The van der Waals surface area contributed by atoms with Crippen molar-refractivity contribution in [3.63, 3.8) is 0 Å². The van der Waals surface area contributed by atoms with Crippen LogP contribution in [0.2, 0.25) is 0 Å². The highest BCUT2D eigenvalue weighted by Gasteiger charge is 2.22. The van der Waals surface area contributed by atoms with E-state index in [2.05, 4.69) is 4.98 Å². The molecule has 0 fully saturated rings. The zero-order valence-corrected chi connectivity index (χ0v) is 8.41. The molecule has 2 N–H and O–H groups in total. The third kappa shape index (κ3) is 1.36. The van der Waals surface area contributed by atoms with E-state index < -0.39 is 10.9 Å². The SMILES string of the molecule is O=Cc1c(C(=O)O)[nH]c2cc([N+](=O)[O-])sc12. The first-order valence-corrected chi connectivity index (χ1v) is 4.84. The molecule has 0 saturated heterocycles. The van der Waals surface area contributed by atoms with Gasteiger partial charge in [-0.1, -0.05) is 11.3 Å². The summed E-state index contributed by atoms with van der Waals surface area (Å²) in [5, 5.41) is 19.1. The molecule has 0 spiro atoms. The Hall–Kier alpha value is -2.22. The van der Waals surface area contributed by atoms with Crippen LogP contribution in [0.15, 0.2) is 6.07 Å². The summed E-state index contributed by atoms with van der Waals surface area (Å²) in [5.74, 6) is -1.27. The Morgan fingerprint density at radius 1 is 1.62 bits per heavy atom. The van der Waals surface area contributed by atoms with Gasteiger partial charge in [0.05, 0.1) is 26.8 Å². The lowest BCUT2D eigenvalue weighted by Crippen LogP contribution is -2.00. The summed E-state index contributed by atoms with van der Waals surface area (Å²) >= 11 is 0.770. The first kappa shape index (κ1) is 10.3. The monoisotopic (exact) mass is 240 g/mol. The molecular weight excluding hydrogens is 236 g/mol. The topological polar surface area (TPSA) is 113 Å². The van der Waals surface area contributed by atoms with Crippen LogP contribution in [0.3, 0.4) is 0 Å². The number of aromatic nitrogens is 1. The fraction of sp³-hybridized carbons (Fsp3) is 0. The van der Waals surface area contributed by atoms with Crippen molar-refractivity contribution in [1.82, 2.24) is 4.98 Å². The third-order valence-corrected chi connectivity index (χ3v) is 3.12. The fourth-order valence-corrected chi connectivity index (χ4v) is 2.30. The van der Waals surface area contributed by atoms with Gasteiger partial charge in [0, 0.05) is 0 Å². The highest BCUT2D eigenvalue weighted by atomic mass is 32.1. The minimum absolute atomic E-state index is 0.0550. The molecular formula is C8H4N2O5S. The maximum Gasteiger partial charge on any atom is 0.353 e. The van der Waals surface area contributed by atoms with Crippen LogP contribution >= 0.6 is 11.3 Å². The average molecular weight is 240 g/mol. The number of hydrogen-bond donors (Lipinski definition) is 2. The maximum atomic E-state index is 10.7. The van der Waals surface area contributed by atoms with Crippen molar-refractivity contribution in [3.8, 4) is 0 Å². The molecule has 2 rings (SSSR count). The number of hydrogen-bond acceptors (Lipinski definition) is 5. The molecule has 82 valence electrons. The van der Waals surface area contributed by atoms with Crippen LogP contribution in [0.1, 0.15) is 20.8 Å². The number of nitrogens with one attached hydrogen (secondary N) is 1. The van der Waals surface area contributed by atoms with Crippen LogP contribution in [0.4, 0.5) is 5.00 Å². The molecule has 0 radical (unpaired) electrons. The number of aromatic carboxylic acids is 1. The predicted octanol–water partition coefficient (Wildman–Crippen LogP) is 1.65. The van der Waals surface area contributed by atoms with E-state index in [1.54, 1.807) is 0 Å². The van der Waals surface area contributed by atoms with Gasteiger partial charge >= 0.3 is 11.0 Å². The number of carboxylic acids is 1. The molecule has 2 aromatic heterocycles. The van der Waals surface area contributed by atoms with Gasteiger partial charge in [-0.05, 0) is 0 Å². The number of thiophene rings is 1. The van der Waals surface area contributed by atoms with Crippen molar-refractivity contribution in [2.45, 2.75) is 0 Å². The second-order valence-electron chi connectivity index (χ2n) is 2.92. The van der Waals surface area contributed by atoms with Crippen LogP contribution in [0.5, 0.6) is 0 Å². The van der Waals surface area contributed by atoms with Gasteiger partial charge in [-0.2, -0.15) is 0 Å². The lowest BCUT2D eigenvalue weighted by Gasteiger charge is -1.89. The number of rotatable bonds is 3. The van der Waals surface area contributed by atoms with Gasteiger partial charge in [0.15, 0.2) is 6.29 Å².